The number of hydrogen-bond acceptors (Lipinski definition) is 5. The maximum absolute atomic E-state index is 12.2. The van der Waals surface area contributed by atoms with Gasteiger partial charge in [-0.15, -0.1) is 13.2 Å². The fourth-order valence-electron chi connectivity index (χ4n) is 1.38. The number of rotatable bonds is 6. The number of carbonyl (C=O) groups is 1. The van der Waals surface area contributed by atoms with Crippen molar-refractivity contribution in [2.24, 2.45) is 0 Å². The van der Waals surface area contributed by atoms with Gasteiger partial charge in [0.05, 0.1) is 5.56 Å². The van der Waals surface area contributed by atoms with Gasteiger partial charge in [0.2, 0.25) is 0 Å². The molecule has 0 amide bonds. The summed E-state index contributed by atoms with van der Waals surface area (Å²) in [4.78, 5) is 11.9. The summed E-state index contributed by atoms with van der Waals surface area (Å²) in [5.41, 5.74) is -0.348. The molecule has 0 heterocycles. The Labute approximate surface area is 113 Å². The lowest BCUT2D eigenvalue weighted by Crippen LogP contribution is -2.19. The van der Waals surface area contributed by atoms with Crippen molar-refractivity contribution in [3.63, 3.8) is 0 Å². The smallest absolute Gasteiger partial charge is 0.405 e. The number of benzene rings is 1. The first-order chi connectivity index (χ1) is 9.21. The molecular weight excluding hydrogens is 300 g/mol. The lowest BCUT2D eigenvalue weighted by molar-refractivity contribution is -0.274. The molecule has 0 fully saturated rings. The SMILES string of the molecule is COP(=O)(CC(=O)c1ccccc1OC(F)(F)F)OC. The molecule has 9 heteroatoms. The number of alkyl halides is 3. The van der Waals surface area contributed by atoms with Crippen LogP contribution in [0.15, 0.2) is 24.3 Å². The van der Waals surface area contributed by atoms with Crippen LogP contribution in [0.4, 0.5) is 13.2 Å². The van der Waals surface area contributed by atoms with E-state index < -0.39 is 31.7 Å². The Bertz CT molecular complexity index is 521. The van der Waals surface area contributed by atoms with Crippen molar-refractivity contribution in [2.75, 3.05) is 20.4 Å². The van der Waals surface area contributed by atoms with Gasteiger partial charge < -0.3 is 13.8 Å². The zero-order chi connectivity index (χ0) is 15.4. The summed E-state index contributed by atoms with van der Waals surface area (Å²) in [6.07, 6.45) is -5.61. The van der Waals surface area contributed by atoms with E-state index in [1.807, 2.05) is 0 Å². The maximum atomic E-state index is 12.2. The maximum Gasteiger partial charge on any atom is 0.573 e. The van der Waals surface area contributed by atoms with Gasteiger partial charge in [-0.25, -0.2) is 0 Å². The molecule has 0 aromatic heterocycles. The van der Waals surface area contributed by atoms with Crippen molar-refractivity contribution in [1.82, 2.24) is 0 Å². The van der Waals surface area contributed by atoms with Gasteiger partial charge in [0.1, 0.15) is 11.9 Å². The van der Waals surface area contributed by atoms with Crippen molar-refractivity contribution in [3.8, 4) is 5.75 Å². The zero-order valence-electron chi connectivity index (χ0n) is 10.6. The fraction of sp³-hybridized carbons (Fsp3) is 0.364. The number of ketones is 1. The normalized spacial score (nSPS) is 12.2. The number of ether oxygens (including phenoxy) is 1. The average Bonchev–Trinajstić information content (AvgIpc) is 2.37. The van der Waals surface area contributed by atoms with Gasteiger partial charge in [0, 0.05) is 14.2 Å². The molecule has 0 atom stereocenters. The predicted molar refractivity (Wildman–Crippen MR) is 63.9 cm³/mol. The molecule has 0 N–H and O–H groups in total. The third-order valence-corrected chi connectivity index (χ3v) is 4.09. The minimum Gasteiger partial charge on any atom is -0.405 e. The van der Waals surface area contributed by atoms with Crippen LogP contribution >= 0.6 is 7.60 Å². The molecular formula is C11H12F3O5P. The third kappa shape index (κ3) is 4.63. The number of para-hydroxylation sites is 1. The molecule has 0 aliphatic heterocycles. The van der Waals surface area contributed by atoms with Crippen LogP contribution in [0.25, 0.3) is 0 Å². The molecule has 1 rings (SSSR count). The summed E-state index contributed by atoms with van der Waals surface area (Å²) in [6.45, 7) is 0. The van der Waals surface area contributed by atoms with Crippen LogP contribution in [0.3, 0.4) is 0 Å². The summed E-state index contributed by atoms with van der Waals surface area (Å²) in [6, 6.07) is 4.77. The number of Topliss-reactive ketones (excluding diaryl/α,β-unsaturated/α-hetero) is 1. The van der Waals surface area contributed by atoms with Gasteiger partial charge in [0.25, 0.3) is 0 Å². The van der Waals surface area contributed by atoms with E-state index >= 15 is 0 Å². The zero-order valence-corrected chi connectivity index (χ0v) is 11.5. The fourth-order valence-corrected chi connectivity index (χ4v) is 2.30. The van der Waals surface area contributed by atoms with Crippen LogP contribution in [0, 0.1) is 0 Å². The second kappa shape index (κ2) is 6.39. The molecule has 0 saturated heterocycles. The van der Waals surface area contributed by atoms with E-state index in [9.17, 15) is 22.5 Å². The van der Waals surface area contributed by atoms with Crippen LogP contribution in [0.2, 0.25) is 0 Å². The average molecular weight is 312 g/mol. The van der Waals surface area contributed by atoms with E-state index in [2.05, 4.69) is 13.8 Å². The highest BCUT2D eigenvalue weighted by Gasteiger charge is 2.34. The van der Waals surface area contributed by atoms with Crippen molar-refractivity contribution in [1.29, 1.82) is 0 Å². The van der Waals surface area contributed by atoms with Crippen molar-refractivity contribution >= 4 is 13.4 Å². The van der Waals surface area contributed by atoms with E-state index in [0.717, 1.165) is 26.4 Å². The van der Waals surface area contributed by atoms with E-state index in [0.29, 0.717) is 0 Å². The molecule has 20 heavy (non-hydrogen) atoms. The van der Waals surface area contributed by atoms with Gasteiger partial charge in [-0.1, -0.05) is 12.1 Å². The highest BCUT2D eigenvalue weighted by molar-refractivity contribution is 7.54. The predicted octanol–water partition coefficient (Wildman–Crippen LogP) is 3.25. The summed E-state index contributed by atoms with van der Waals surface area (Å²) < 4.78 is 61.3. The van der Waals surface area contributed by atoms with Gasteiger partial charge >= 0.3 is 14.0 Å². The molecule has 0 radical (unpaired) electrons. The molecule has 0 unspecified atom stereocenters. The number of hydrogen-bond donors (Lipinski definition) is 0. The Hall–Kier alpha value is -1.37. The summed E-state index contributed by atoms with van der Waals surface area (Å²) in [5, 5.41) is 0. The van der Waals surface area contributed by atoms with Crippen molar-refractivity contribution in [3.05, 3.63) is 29.8 Å². The lowest BCUT2D eigenvalue weighted by Gasteiger charge is -2.15. The van der Waals surface area contributed by atoms with Crippen LogP contribution in [0.1, 0.15) is 10.4 Å². The number of carbonyl (C=O) groups excluding carboxylic acids is 1. The molecule has 112 valence electrons. The third-order valence-electron chi connectivity index (χ3n) is 2.31. The molecule has 0 aliphatic carbocycles. The Morgan fingerprint density at radius 1 is 1.20 bits per heavy atom. The topological polar surface area (TPSA) is 61.8 Å². The van der Waals surface area contributed by atoms with E-state index in [-0.39, 0.29) is 5.56 Å². The van der Waals surface area contributed by atoms with Gasteiger partial charge in [-0.2, -0.15) is 0 Å². The van der Waals surface area contributed by atoms with Crippen LogP contribution in [-0.4, -0.2) is 32.5 Å². The number of halogens is 3. The Morgan fingerprint density at radius 2 is 1.75 bits per heavy atom. The van der Waals surface area contributed by atoms with Crippen LogP contribution in [-0.2, 0) is 13.6 Å². The second-order valence-corrected chi connectivity index (χ2v) is 5.87. The van der Waals surface area contributed by atoms with Crippen molar-refractivity contribution < 1.29 is 36.3 Å². The lowest BCUT2D eigenvalue weighted by atomic mass is 10.1. The van der Waals surface area contributed by atoms with E-state index in [1.54, 1.807) is 0 Å². The molecule has 5 nitrogen and oxygen atoms in total. The largest absolute Gasteiger partial charge is 0.573 e. The summed E-state index contributed by atoms with van der Waals surface area (Å²) in [5.74, 6) is -1.50. The minimum absolute atomic E-state index is 0.348. The molecule has 0 spiro atoms. The summed E-state index contributed by atoms with van der Waals surface area (Å²) >= 11 is 0. The van der Waals surface area contributed by atoms with Gasteiger partial charge in [-0.05, 0) is 12.1 Å². The first-order valence-corrected chi connectivity index (χ1v) is 7.02. The van der Waals surface area contributed by atoms with Gasteiger partial charge in [-0.3, -0.25) is 9.36 Å². The van der Waals surface area contributed by atoms with Crippen LogP contribution < -0.4 is 4.74 Å². The monoisotopic (exact) mass is 312 g/mol. The molecule has 0 bridgehead atoms. The second-order valence-electron chi connectivity index (χ2n) is 3.60. The molecule has 1 aromatic rings. The highest BCUT2D eigenvalue weighted by atomic mass is 31.2. The van der Waals surface area contributed by atoms with E-state index in [4.69, 9.17) is 0 Å². The molecule has 1 aromatic carbocycles. The highest BCUT2D eigenvalue weighted by Crippen LogP contribution is 2.47. The van der Waals surface area contributed by atoms with E-state index in [1.165, 1.54) is 12.1 Å². The minimum atomic E-state index is -4.93. The van der Waals surface area contributed by atoms with Crippen molar-refractivity contribution in [2.45, 2.75) is 6.36 Å². The standard InChI is InChI=1S/C11H12F3O5P/c1-17-20(16,18-2)7-9(15)8-5-3-4-6-10(8)19-11(12,13)14/h3-6H,7H2,1-2H3. The van der Waals surface area contributed by atoms with Gasteiger partial charge in [0.15, 0.2) is 5.78 Å². The first kappa shape index (κ1) is 16.7. The Balaban J connectivity index is 3.02. The Kier molecular flexibility index (Phi) is 5.33. The first-order valence-electron chi connectivity index (χ1n) is 5.29. The molecule has 0 aliphatic rings. The molecule has 0 saturated carbocycles. The van der Waals surface area contributed by atoms with Crippen LogP contribution in [0.5, 0.6) is 5.75 Å². The Morgan fingerprint density at radius 3 is 2.25 bits per heavy atom. The summed E-state index contributed by atoms with van der Waals surface area (Å²) in [7, 11) is -1.50. The quantitative estimate of drug-likeness (QED) is 0.596.